The SMILES string of the molecule is COc1ncc(C)cc1[C@@H]1CCN(Cc2ccccc2)C1. The molecule has 3 nitrogen and oxygen atoms in total. The van der Waals surface area contributed by atoms with Gasteiger partial charge in [-0.1, -0.05) is 30.3 Å². The third-order valence-electron chi connectivity index (χ3n) is 4.17. The summed E-state index contributed by atoms with van der Waals surface area (Å²) in [5.74, 6) is 1.31. The average Bonchev–Trinajstić information content (AvgIpc) is 2.96. The molecule has 3 rings (SSSR count). The summed E-state index contributed by atoms with van der Waals surface area (Å²) in [6.07, 6.45) is 3.05. The van der Waals surface area contributed by atoms with Gasteiger partial charge in [-0.05, 0) is 37.1 Å². The molecule has 1 fully saturated rings. The molecule has 110 valence electrons. The van der Waals surface area contributed by atoms with E-state index in [2.05, 4.69) is 53.2 Å². The van der Waals surface area contributed by atoms with E-state index >= 15 is 0 Å². The van der Waals surface area contributed by atoms with Crippen molar-refractivity contribution in [3.8, 4) is 5.88 Å². The smallest absolute Gasteiger partial charge is 0.216 e. The van der Waals surface area contributed by atoms with Gasteiger partial charge in [-0.3, -0.25) is 4.90 Å². The number of benzene rings is 1. The number of likely N-dealkylation sites (tertiary alicyclic amines) is 1. The summed E-state index contributed by atoms with van der Waals surface area (Å²) >= 11 is 0. The predicted octanol–water partition coefficient (Wildman–Crippen LogP) is 3.39. The van der Waals surface area contributed by atoms with Crippen molar-refractivity contribution in [1.29, 1.82) is 0 Å². The lowest BCUT2D eigenvalue weighted by atomic mass is 9.98. The van der Waals surface area contributed by atoms with Crippen molar-refractivity contribution < 1.29 is 4.74 Å². The summed E-state index contributed by atoms with van der Waals surface area (Å²) < 4.78 is 5.44. The first kappa shape index (κ1) is 14.1. The van der Waals surface area contributed by atoms with Crippen molar-refractivity contribution in [1.82, 2.24) is 9.88 Å². The van der Waals surface area contributed by atoms with Crippen LogP contribution in [0.1, 0.15) is 29.0 Å². The molecule has 1 aromatic heterocycles. The molecule has 0 aliphatic carbocycles. The van der Waals surface area contributed by atoms with E-state index in [0.29, 0.717) is 5.92 Å². The molecule has 1 aromatic carbocycles. The number of nitrogens with zero attached hydrogens (tertiary/aromatic N) is 2. The Morgan fingerprint density at radius 1 is 1.29 bits per heavy atom. The Balaban J connectivity index is 1.71. The van der Waals surface area contributed by atoms with E-state index in [1.54, 1.807) is 7.11 Å². The van der Waals surface area contributed by atoms with Gasteiger partial charge in [0.25, 0.3) is 0 Å². The molecule has 1 aliphatic rings. The van der Waals surface area contributed by atoms with E-state index < -0.39 is 0 Å². The molecular formula is C18H22N2O. The highest BCUT2D eigenvalue weighted by atomic mass is 16.5. The number of methoxy groups -OCH3 is 1. The van der Waals surface area contributed by atoms with Crippen LogP contribution in [-0.4, -0.2) is 30.1 Å². The van der Waals surface area contributed by atoms with Crippen molar-refractivity contribution in [2.75, 3.05) is 20.2 Å². The third-order valence-corrected chi connectivity index (χ3v) is 4.17. The Labute approximate surface area is 126 Å². The molecular weight excluding hydrogens is 260 g/mol. The molecule has 1 saturated heterocycles. The van der Waals surface area contributed by atoms with E-state index in [-0.39, 0.29) is 0 Å². The van der Waals surface area contributed by atoms with Crippen LogP contribution in [0, 0.1) is 6.92 Å². The predicted molar refractivity (Wildman–Crippen MR) is 84.6 cm³/mol. The zero-order valence-corrected chi connectivity index (χ0v) is 12.7. The van der Waals surface area contributed by atoms with Crippen LogP contribution in [-0.2, 0) is 6.54 Å². The van der Waals surface area contributed by atoms with Crippen molar-refractivity contribution in [2.45, 2.75) is 25.8 Å². The molecule has 2 heterocycles. The van der Waals surface area contributed by atoms with Crippen LogP contribution >= 0.6 is 0 Å². The zero-order chi connectivity index (χ0) is 14.7. The quantitative estimate of drug-likeness (QED) is 0.859. The Morgan fingerprint density at radius 2 is 2.10 bits per heavy atom. The Morgan fingerprint density at radius 3 is 2.86 bits per heavy atom. The van der Waals surface area contributed by atoms with Crippen molar-refractivity contribution in [3.05, 3.63) is 59.3 Å². The van der Waals surface area contributed by atoms with E-state index in [4.69, 9.17) is 4.74 Å². The second-order valence-electron chi connectivity index (χ2n) is 5.82. The molecule has 0 N–H and O–H groups in total. The van der Waals surface area contributed by atoms with Crippen molar-refractivity contribution >= 4 is 0 Å². The van der Waals surface area contributed by atoms with E-state index in [0.717, 1.165) is 25.5 Å². The van der Waals surface area contributed by atoms with Gasteiger partial charge in [-0.25, -0.2) is 4.98 Å². The molecule has 0 saturated carbocycles. The summed E-state index contributed by atoms with van der Waals surface area (Å²) in [5, 5.41) is 0. The average molecular weight is 282 g/mol. The van der Waals surface area contributed by atoms with Crippen LogP contribution in [0.15, 0.2) is 42.6 Å². The minimum atomic E-state index is 0.524. The van der Waals surface area contributed by atoms with Crippen molar-refractivity contribution in [2.24, 2.45) is 0 Å². The fraction of sp³-hybridized carbons (Fsp3) is 0.389. The number of pyridine rings is 1. The van der Waals surface area contributed by atoms with Crippen LogP contribution in [0.25, 0.3) is 0 Å². The number of ether oxygens (including phenoxy) is 1. The van der Waals surface area contributed by atoms with Gasteiger partial charge in [-0.2, -0.15) is 0 Å². The minimum absolute atomic E-state index is 0.524. The summed E-state index contributed by atoms with van der Waals surface area (Å²) in [5.41, 5.74) is 3.84. The molecule has 0 spiro atoms. The lowest BCUT2D eigenvalue weighted by Crippen LogP contribution is -2.19. The highest BCUT2D eigenvalue weighted by Crippen LogP contribution is 2.33. The summed E-state index contributed by atoms with van der Waals surface area (Å²) in [4.78, 5) is 6.93. The lowest BCUT2D eigenvalue weighted by molar-refractivity contribution is 0.325. The van der Waals surface area contributed by atoms with Gasteiger partial charge >= 0.3 is 0 Å². The van der Waals surface area contributed by atoms with Gasteiger partial charge in [0.15, 0.2) is 0 Å². The van der Waals surface area contributed by atoms with Gasteiger partial charge in [-0.15, -0.1) is 0 Å². The number of hydrogen-bond acceptors (Lipinski definition) is 3. The first-order valence-corrected chi connectivity index (χ1v) is 7.53. The monoisotopic (exact) mass is 282 g/mol. The topological polar surface area (TPSA) is 25.4 Å². The Bertz CT molecular complexity index is 597. The maximum absolute atomic E-state index is 5.44. The second kappa shape index (κ2) is 6.27. The molecule has 0 unspecified atom stereocenters. The van der Waals surface area contributed by atoms with E-state index in [1.807, 2.05) is 6.20 Å². The fourth-order valence-electron chi connectivity index (χ4n) is 3.11. The molecule has 0 bridgehead atoms. The first-order chi connectivity index (χ1) is 10.3. The van der Waals surface area contributed by atoms with Gasteiger partial charge in [0.2, 0.25) is 5.88 Å². The molecule has 3 heteroatoms. The molecule has 2 aromatic rings. The number of rotatable bonds is 4. The minimum Gasteiger partial charge on any atom is -0.481 e. The number of aryl methyl sites for hydroxylation is 1. The van der Waals surface area contributed by atoms with Crippen LogP contribution in [0.4, 0.5) is 0 Å². The fourth-order valence-corrected chi connectivity index (χ4v) is 3.11. The second-order valence-corrected chi connectivity index (χ2v) is 5.82. The van der Waals surface area contributed by atoms with Crippen LogP contribution in [0.2, 0.25) is 0 Å². The van der Waals surface area contributed by atoms with Gasteiger partial charge < -0.3 is 4.74 Å². The Kier molecular flexibility index (Phi) is 4.20. The highest BCUT2D eigenvalue weighted by Gasteiger charge is 2.26. The molecule has 21 heavy (non-hydrogen) atoms. The first-order valence-electron chi connectivity index (χ1n) is 7.53. The van der Waals surface area contributed by atoms with Crippen LogP contribution in [0.3, 0.4) is 0 Å². The molecule has 0 radical (unpaired) electrons. The zero-order valence-electron chi connectivity index (χ0n) is 12.7. The van der Waals surface area contributed by atoms with Gasteiger partial charge in [0.05, 0.1) is 7.11 Å². The largest absolute Gasteiger partial charge is 0.481 e. The lowest BCUT2D eigenvalue weighted by Gasteiger charge is -2.17. The normalized spacial score (nSPS) is 18.9. The maximum Gasteiger partial charge on any atom is 0.216 e. The summed E-state index contributed by atoms with van der Waals surface area (Å²) in [6.45, 7) is 5.33. The van der Waals surface area contributed by atoms with Crippen LogP contribution < -0.4 is 4.74 Å². The van der Waals surface area contributed by atoms with Crippen molar-refractivity contribution in [3.63, 3.8) is 0 Å². The molecule has 1 atom stereocenters. The maximum atomic E-state index is 5.44. The Hall–Kier alpha value is -1.87. The standard InChI is InChI=1S/C18H22N2O/c1-14-10-17(18(21-2)19-11-14)16-8-9-20(13-16)12-15-6-4-3-5-7-15/h3-7,10-11,16H,8-9,12-13H2,1-2H3/t16-/m1/s1. The summed E-state index contributed by atoms with van der Waals surface area (Å²) in [6, 6.07) is 12.9. The summed E-state index contributed by atoms with van der Waals surface area (Å²) in [7, 11) is 1.71. The van der Waals surface area contributed by atoms with Crippen LogP contribution in [0.5, 0.6) is 5.88 Å². The number of hydrogen-bond donors (Lipinski definition) is 0. The molecule has 1 aliphatic heterocycles. The van der Waals surface area contributed by atoms with E-state index in [9.17, 15) is 0 Å². The third kappa shape index (κ3) is 3.24. The number of aromatic nitrogens is 1. The van der Waals surface area contributed by atoms with Gasteiger partial charge in [0.1, 0.15) is 0 Å². The van der Waals surface area contributed by atoms with E-state index in [1.165, 1.54) is 23.1 Å². The molecule has 0 amide bonds. The van der Waals surface area contributed by atoms with Gasteiger partial charge in [0, 0.05) is 30.8 Å². The highest BCUT2D eigenvalue weighted by molar-refractivity contribution is 5.34.